The largest absolute Gasteiger partial charge is 0.490 e. The van der Waals surface area contributed by atoms with E-state index in [1.807, 2.05) is 37.9 Å². The number of hydrogen-bond acceptors (Lipinski definition) is 4. The lowest BCUT2D eigenvalue weighted by atomic mass is 10.1. The Labute approximate surface area is 177 Å². The van der Waals surface area contributed by atoms with Crippen LogP contribution in [-0.2, 0) is 11.8 Å². The van der Waals surface area contributed by atoms with Crippen LogP contribution in [0.3, 0.4) is 0 Å². The molecule has 4 rings (SSSR count). The van der Waals surface area contributed by atoms with E-state index in [0.717, 1.165) is 55.8 Å². The predicted molar refractivity (Wildman–Crippen MR) is 113 cm³/mol. The fraction of sp³-hybridized carbons (Fsp3) is 0.522. The molecule has 1 saturated heterocycles. The van der Waals surface area contributed by atoms with Crippen molar-refractivity contribution in [3.8, 4) is 5.75 Å². The van der Waals surface area contributed by atoms with E-state index in [2.05, 4.69) is 10.4 Å². The van der Waals surface area contributed by atoms with E-state index < -0.39 is 0 Å². The van der Waals surface area contributed by atoms with Crippen LogP contribution < -0.4 is 10.1 Å². The van der Waals surface area contributed by atoms with Gasteiger partial charge in [0, 0.05) is 55.7 Å². The quantitative estimate of drug-likeness (QED) is 0.794. The third kappa shape index (κ3) is 4.50. The number of amides is 2. The van der Waals surface area contributed by atoms with Gasteiger partial charge < -0.3 is 15.0 Å². The first-order valence-electron chi connectivity index (χ1n) is 10.8. The summed E-state index contributed by atoms with van der Waals surface area (Å²) in [5, 5.41) is 7.26. The number of aromatic nitrogens is 2. The highest BCUT2D eigenvalue weighted by Gasteiger charge is 2.35. The number of carbonyl (C=O) groups excluding carboxylic acids is 2. The number of likely N-dealkylation sites (tertiary alicyclic amines) is 1. The van der Waals surface area contributed by atoms with E-state index in [1.165, 1.54) is 0 Å². The zero-order chi connectivity index (χ0) is 21.3. The van der Waals surface area contributed by atoms with Crippen molar-refractivity contribution in [2.45, 2.75) is 51.7 Å². The van der Waals surface area contributed by atoms with Crippen LogP contribution in [0.2, 0.25) is 0 Å². The lowest BCUT2D eigenvalue weighted by Crippen LogP contribution is -2.42. The van der Waals surface area contributed by atoms with E-state index in [1.54, 1.807) is 23.0 Å². The number of benzene rings is 1. The van der Waals surface area contributed by atoms with Gasteiger partial charge in [-0.2, -0.15) is 5.10 Å². The first kappa shape index (κ1) is 20.4. The number of aryl methyl sites for hydroxylation is 1. The van der Waals surface area contributed by atoms with Gasteiger partial charge in [-0.15, -0.1) is 0 Å². The average molecular weight is 411 g/mol. The van der Waals surface area contributed by atoms with Crippen molar-refractivity contribution < 1.29 is 14.3 Å². The Morgan fingerprint density at radius 1 is 1.13 bits per heavy atom. The van der Waals surface area contributed by atoms with E-state index in [0.29, 0.717) is 11.5 Å². The second-order valence-electron chi connectivity index (χ2n) is 8.45. The molecule has 1 aromatic heterocycles. The van der Waals surface area contributed by atoms with Crippen LogP contribution in [0.5, 0.6) is 5.75 Å². The molecule has 2 fully saturated rings. The number of rotatable bonds is 6. The molecule has 1 aliphatic carbocycles. The lowest BCUT2D eigenvalue weighted by molar-refractivity contribution is -0.134. The molecule has 1 saturated carbocycles. The summed E-state index contributed by atoms with van der Waals surface area (Å²) in [5.41, 5.74) is 2.65. The van der Waals surface area contributed by atoms with E-state index >= 15 is 0 Å². The molecule has 2 aliphatic rings. The average Bonchev–Trinajstić information content (AvgIpc) is 3.54. The standard InChI is InChI=1S/C23H30N4O3/c1-15(21-14-24-26(3)16(21)2)25-22(28)17-6-8-19(9-7-17)30-20-10-12-27(13-11-20)23(29)18-4-5-18/h6-9,14-15,18,20H,4-5,10-13H2,1-3H3,(H,25,28). The number of nitrogens with zero attached hydrogens (tertiary/aromatic N) is 3. The normalized spacial score (nSPS) is 18.2. The predicted octanol–water partition coefficient (Wildman–Crippen LogP) is 3.00. The topological polar surface area (TPSA) is 76.5 Å². The van der Waals surface area contributed by atoms with Crippen LogP contribution in [-0.4, -0.2) is 45.7 Å². The number of nitrogens with one attached hydrogen (secondary N) is 1. The Bertz CT molecular complexity index is 909. The molecular formula is C23H30N4O3. The Morgan fingerprint density at radius 3 is 2.37 bits per heavy atom. The molecule has 0 spiro atoms. The molecule has 160 valence electrons. The SMILES string of the molecule is Cc1c(C(C)NC(=O)c2ccc(OC3CCN(C(=O)C4CC4)CC3)cc2)cnn1C. The summed E-state index contributed by atoms with van der Waals surface area (Å²) in [6, 6.07) is 7.15. The molecule has 2 amide bonds. The van der Waals surface area contributed by atoms with Crippen molar-refractivity contribution in [3.63, 3.8) is 0 Å². The van der Waals surface area contributed by atoms with Gasteiger partial charge in [0.2, 0.25) is 5.91 Å². The number of piperidine rings is 1. The number of hydrogen-bond donors (Lipinski definition) is 1. The maximum absolute atomic E-state index is 12.6. The van der Waals surface area contributed by atoms with Gasteiger partial charge in [0.15, 0.2) is 0 Å². The zero-order valence-corrected chi connectivity index (χ0v) is 17.9. The van der Waals surface area contributed by atoms with E-state index in [-0.39, 0.29) is 24.0 Å². The molecule has 1 aromatic carbocycles. The van der Waals surface area contributed by atoms with Crippen molar-refractivity contribution in [2.24, 2.45) is 13.0 Å². The summed E-state index contributed by atoms with van der Waals surface area (Å²) in [6.45, 7) is 5.49. The van der Waals surface area contributed by atoms with Gasteiger partial charge >= 0.3 is 0 Å². The highest BCUT2D eigenvalue weighted by Crippen LogP contribution is 2.32. The molecule has 2 aromatic rings. The number of carbonyl (C=O) groups is 2. The molecule has 7 heteroatoms. The summed E-state index contributed by atoms with van der Waals surface area (Å²) < 4.78 is 7.88. The number of ether oxygens (including phenoxy) is 1. The first-order chi connectivity index (χ1) is 14.4. The zero-order valence-electron chi connectivity index (χ0n) is 17.9. The fourth-order valence-electron chi connectivity index (χ4n) is 3.96. The van der Waals surface area contributed by atoms with Gasteiger partial charge in [0.1, 0.15) is 11.9 Å². The van der Waals surface area contributed by atoms with Crippen LogP contribution in [0, 0.1) is 12.8 Å². The fourth-order valence-corrected chi connectivity index (χ4v) is 3.96. The molecule has 30 heavy (non-hydrogen) atoms. The highest BCUT2D eigenvalue weighted by atomic mass is 16.5. The summed E-state index contributed by atoms with van der Waals surface area (Å²) in [5.74, 6) is 1.24. The monoisotopic (exact) mass is 410 g/mol. The Balaban J connectivity index is 1.28. The van der Waals surface area contributed by atoms with Crippen LogP contribution in [0.1, 0.15) is 60.3 Å². The second-order valence-corrected chi connectivity index (χ2v) is 8.45. The smallest absolute Gasteiger partial charge is 0.251 e. The van der Waals surface area contributed by atoms with Crippen LogP contribution in [0.25, 0.3) is 0 Å². The molecule has 7 nitrogen and oxygen atoms in total. The minimum atomic E-state index is -0.121. The maximum Gasteiger partial charge on any atom is 0.251 e. The van der Waals surface area contributed by atoms with Crippen molar-refractivity contribution in [2.75, 3.05) is 13.1 Å². The maximum atomic E-state index is 12.6. The molecule has 1 unspecified atom stereocenters. The van der Waals surface area contributed by atoms with Crippen molar-refractivity contribution in [1.29, 1.82) is 0 Å². The first-order valence-corrected chi connectivity index (χ1v) is 10.8. The van der Waals surface area contributed by atoms with Crippen LogP contribution >= 0.6 is 0 Å². The molecule has 2 heterocycles. The molecule has 0 bridgehead atoms. The van der Waals surface area contributed by atoms with Crippen molar-refractivity contribution in [3.05, 3.63) is 47.3 Å². The molecule has 1 N–H and O–H groups in total. The third-order valence-corrected chi connectivity index (χ3v) is 6.19. The molecule has 1 atom stereocenters. The Hall–Kier alpha value is -2.83. The van der Waals surface area contributed by atoms with E-state index in [9.17, 15) is 9.59 Å². The van der Waals surface area contributed by atoms with Crippen molar-refractivity contribution >= 4 is 11.8 Å². The van der Waals surface area contributed by atoms with Gasteiger partial charge in [-0.05, 0) is 51.0 Å². The van der Waals surface area contributed by atoms with E-state index in [4.69, 9.17) is 4.74 Å². The summed E-state index contributed by atoms with van der Waals surface area (Å²) >= 11 is 0. The van der Waals surface area contributed by atoms with Crippen LogP contribution in [0.4, 0.5) is 0 Å². The van der Waals surface area contributed by atoms with Gasteiger partial charge in [0.05, 0.1) is 12.2 Å². The van der Waals surface area contributed by atoms with Gasteiger partial charge in [-0.3, -0.25) is 14.3 Å². The Kier molecular flexibility index (Phi) is 5.79. The third-order valence-electron chi connectivity index (χ3n) is 6.19. The summed E-state index contributed by atoms with van der Waals surface area (Å²) in [7, 11) is 1.89. The minimum Gasteiger partial charge on any atom is -0.490 e. The summed E-state index contributed by atoms with van der Waals surface area (Å²) in [6.07, 6.45) is 5.71. The molecule has 0 radical (unpaired) electrons. The second kappa shape index (κ2) is 8.50. The Morgan fingerprint density at radius 2 is 1.80 bits per heavy atom. The molecule has 1 aliphatic heterocycles. The van der Waals surface area contributed by atoms with Crippen LogP contribution in [0.15, 0.2) is 30.5 Å². The lowest BCUT2D eigenvalue weighted by Gasteiger charge is -2.32. The van der Waals surface area contributed by atoms with Gasteiger partial charge in [-0.1, -0.05) is 0 Å². The highest BCUT2D eigenvalue weighted by molar-refractivity contribution is 5.94. The minimum absolute atomic E-state index is 0.113. The molecular weight excluding hydrogens is 380 g/mol. The van der Waals surface area contributed by atoms with Gasteiger partial charge in [0.25, 0.3) is 5.91 Å². The van der Waals surface area contributed by atoms with Crippen molar-refractivity contribution in [1.82, 2.24) is 20.0 Å². The summed E-state index contributed by atoms with van der Waals surface area (Å²) in [4.78, 5) is 26.7. The van der Waals surface area contributed by atoms with Gasteiger partial charge in [-0.25, -0.2) is 0 Å².